The van der Waals surface area contributed by atoms with Gasteiger partial charge in [0.2, 0.25) is 0 Å². The lowest BCUT2D eigenvalue weighted by Crippen LogP contribution is -2.25. The van der Waals surface area contributed by atoms with Crippen molar-refractivity contribution in [2.75, 3.05) is 10.6 Å². The molecule has 1 aliphatic rings. The molecule has 5 aromatic carbocycles. The lowest BCUT2D eigenvalue weighted by atomic mass is 9.80. The molecule has 0 fully saturated rings. The zero-order valence-corrected chi connectivity index (χ0v) is 30.6. The first-order chi connectivity index (χ1) is 25.8. The molecular weight excluding hydrogens is 775 g/mol. The number of ketones is 2. The number of rotatable bonds is 10. The molecule has 0 aliphatic heterocycles. The number of nitrogens with one attached hydrogen (secondary N) is 3. The highest BCUT2D eigenvalue weighted by Crippen LogP contribution is 2.46. The predicted octanol–water partition coefficient (Wildman–Crippen LogP) is 5.37. The van der Waals surface area contributed by atoms with Crippen molar-refractivity contribution in [2.24, 2.45) is 0 Å². The number of hydrogen-bond donors (Lipinski definition) is 6. The molecule has 1 aliphatic carbocycles. The maximum atomic E-state index is 14.4. The van der Waals surface area contributed by atoms with Gasteiger partial charge in [-0.15, -0.1) is 0 Å². The minimum absolute atomic E-state index is 0.0381. The average Bonchev–Trinajstić information content (AvgIpc) is 3.12. The number of aromatic nitrogens is 1. The lowest BCUT2D eigenvalue weighted by molar-refractivity contribution is 0.102. The van der Waals surface area contributed by atoms with Gasteiger partial charge >= 0.3 is 0 Å². The molecule has 6 N–H and O–H groups in total. The van der Waals surface area contributed by atoms with Crippen molar-refractivity contribution in [3.63, 3.8) is 0 Å². The number of aromatic amines is 1. The topological polar surface area (TPSA) is 254 Å². The molecule has 280 valence electrons. The first kappa shape index (κ1) is 37.3. The smallest absolute Gasteiger partial charge is 0.296 e. The predicted molar refractivity (Wildman–Crippen MR) is 201 cm³/mol. The molecule has 0 atom stereocenters. The van der Waals surface area contributed by atoms with Crippen LogP contribution in [0.4, 0.5) is 17.1 Å². The van der Waals surface area contributed by atoms with E-state index in [2.05, 4.69) is 15.6 Å². The van der Waals surface area contributed by atoms with Crippen LogP contribution in [0.15, 0.2) is 117 Å². The third-order valence-corrected chi connectivity index (χ3v) is 11.6. The van der Waals surface area contributed by atoms with Gasteiger partial charge in [0.15, 0.2) is 11.6 Å². The molecule has 0 unspecified atom stereocenters. The van der Waals surface area contributed by atoms with Gasteiger partial charge in [-0.25, -0.2) is 0 Å². The second kappa shape index (κ2) is 13.4. The molecule has 18 heteroatoms. The molecule has 0 saturated carbocycles. The number of benzene rings is 5. The van der Waals surface area contributed by atoms with Gasteiger partial charge in [0.1, 0.15) is 14.7 Å². The van der Waals surface area contributed by atoms with Gasteiger partial charge in [-0.2, -0.15) is 25.3 Å². The minimum Gasteiger partial charge on any atom is -0.380 e. The Balaban J connectivity index is 1.55. The van der Waals surface area contributed by atoms with Crippen LogP contribution >= 0.6 is 0 Å². The van der Waals surface area contributed by atoms with E-state index in [-0.39, 0.29) is 45.4 Å². The van der Waals surface area contributed by atoms with Crippen molar-refractivity contribution in [1.82, 2.24) is 4.98 Å². The molecule has 0 saturated heterocycles. The standard InChI is InChI=1S/C37H27N3O12S3/c1-19-11-13-20(14-12-19)18-38-24-15-25(28(54(47,48)49)17-27(24)53(44,45)46)39-26-16-29(55(50,51)52)34-32-30(22-9-5-6-10-23(22)36(42)31(26)32)33(37(43)40-34)35(41)21-7-3-2-4-8-21/h2-17,38-39H,18H2,1H3,(H,40,43)(H,44,45,46)(H,47,48,49)(H,50,51,52). The van der Waals surface area contributed by atoms with E-state index in [9.17, 15) is 53.3 Å². The summed E-state index contributed by atoms with van der Waals surface area (Å²) in [5, 5.41) is 5.11. The fraction of sp³-hybridized carbons (Fsp3) is 0.0541. The molecule has 0 bridgehead atoms. The number of carbonyl (C=O) groups is 2. The van der Waals surface area contributed by atoms with E-state index < -0.39 is 84.6 Å². The van der Waals surface area contributed by atoms with E-state index in [4.69, 9.17) is 0 Å². The minimum atomic E-state index is -5.35. The summed E-state index contributed by atoms with van der Waals surface area (Å²) in [7, 11) is -15.8. The number of aryl methyl sites for hydroxylation is 1. The van der Waals surface area contributed by atoms with E-state index in [0.29, 0.717) is 11.6 Å². The van der Waals surface area contributed by atoms with Crippen LogP contribution in [-0.4, -0.2) is 55.5 Å². The Labute approximate surface area is 312 Å². The van der Waals surface area contributed by atoms with Crippen LogP contribution in [-0.2, 0) is 36.9 Å². The van der Waals surface area contributed by atoms with Gasteiger partial charge < -0.3 is 15.6 Å². The first-order valence-corrected chi connectivity index (χ1v) is 20.3. The number of hydrogen-bond acceptors (Lipinski definition) is 11. The van der Waals surface area contributed by atoms with Crippen molar-refractivity contribution in [3.05, 3.63) is 141 Å². The number of anilines is 3. The van der Waals surface area contributed by atoms with Crippen LogP contribution in [0.2, 0.25) is 0 Å². The Kier molecular flexibility index (Phi) is 9.07. The van der Waals surface area contributed by atoms with Gasteiger partial charge in [0, 0.05) is 28.6 Å². The number of H-pyrrole nitrogens is 1. The van der Waals surface area contributed by atoms with E-state index >= 15 is 0 Å². The molecule has 1 aromatic heterocycles. The second-order valence-electron chi connectivity index (χ2n) is 12.6. The van der Waals surface area contributed by atoms with Crippen LogP contribution < -0.4 is 16.2 Å². The molecule has 15 nitrogen and oxygen atoms in total. The number of pyridine rings is 1. The maximum Gasteiger partial charge on any atom is 0.296 e. The molecule has 0 amide bonds. The Morgan fingerprint density at radius 2 is 1.24 bits per heavy atom. The van der Waals surface area contributed by atoms with E-state index in [1.54, 1.807) is 42.5 Å². The lowest BCUT2D eigenvalue weighted by Gasteiger charge is -2.25. The number of carbonyl (C=O) groups excluding carboxylic acids is 2. The van der Waals surface area contributed by atoms with Gasteiger partial charge in [0.25, 0.3) is 35.9 Å². The summed E-state index contributed by atoms with van der Waals surface area (Å²) in [6.07, 6.45) is 0. The maximum absolute atomic E-state index is 14.4. The summed E-state index contributed by atoms with van der Waals surface area (Å²) in [6, 6.07) is 22.6. The van der Waals surface area contributed by atoms with Gasteiger partial charge in [-0.1, -0.05) is 84.4 Å². The van der Waals surface area contributed by atoms with Crippen LogP contribution in [0.1, 0.15) is 43.0 Å². The normalized spacial score (nSPS) is 12.7. The van der Waals surface area contributed by atoms with Crippen LogP contribution in [0, 0.1) is 6.92 Å². The zero-order valence-electron chi connectivity index (χ0n) is 28.2. The van der Waals surface area contributed by atoms with Crippen molar-refractivity contribution in [2.45, 2.75) is 28.2 Å². The van der Waals surface area contributed by atoms with Crippen molar-refractivity contribution < 1.29 is 48.5 Å². The Morgan fingerprint density at radius 1 is 0.655 bits per heavy atom. The van der Waals surface area contributed by atoms with Gasteiger partial charge in [0.05, 0.1) is 33.7 Å². The van der Waals surface area contributed by atoms with Crippen LogP contribution in [0.25, 0.3) is 22.0 Å². The highest BCUT2D eigenvalue weighted by Gasteiger charge is 2.36. The Hall–Kier alpha value is -6.02. The van der Waals surface area contributed by atoms with Crippen molar-refractivity contribution >= 4 is 69.9 Å². The first-order valence-electron chi connectivity index (χ1n) is 16.0. The second-order valence-corrected chi connectivity index (χ2v) is 16.7. The van der Waals surface area contributed by atoms with E-state index in [0.717, 1.165) is 17.7 Å². The summed E-state index contributed by atoms with van der Waals surface area (Å²) in [5.74, 6) is -1.58. The summed E-state index contributed by atoms with van der Waals surface area (Å²) >= 11 is 0. The zero-order chi connectivity index (χ0) is 39.6. The van der Waals surface area contributed by atoms with Gasteiger partial charge in [-0.3, -0.25) is 28.0 Å². The third-order valence-electron chi connectivity index (χ3n) is 8.98. The van der Waals surface area contributed by atoms with Crippen molar-refractivity contribution in [3.8, 4) is 11.1 Å². The number of fused-ring (bicyclic) bond motifs is 2. The third kappa shape index (κ3) is 6.82. The largest absolute Gasteiger partial charge is 0.380 e. The highest BCUT2D eigenvalue weighted by molar-refractivity contribution is 7.87. The summed E-state index contributed by atoms with van der Waals surface area (Å²) in [6.45, 7) is 1.80. The summed E-state index contributed by atoms with van der Waals surface area (Å²) in [4.78, 5) is 41.5. The molecule has 0 radical (unpaired) electrons. The highest BCUT2D eigenvalue weighted by atomic mass is 32.2. The average molecular weight is 802 g/mol. The molecule has 55 heavy (non-hydrogen) atoms. The Bertz CT molecular complexity index is 3040. The fourth-order valence-electron chi connectivity index (χ4n) is 6.51. The molecule has 7 rings (SSSR count). The Morgan fingerprint density at radius 3 is 1.85 bits per heavy atom. The molecule has 1 heterocycles. The van der Waals surface area contributed by atoms with E-state index in [1.165, 1.54) is 36.4 Å². The monoisotopic (exact) mass is 801 g/mol. The fourth-order valence-corrected chi connectivity index (χ4v) is 8.59. The summed E-state index contributed by atoms with van der Waals surface area (Å²) in [5.41, 5.74) is -2.42. The van der Waals surface area contributed by atoms with E-state index in [1.807, 2.05) is 6.92 Å². The molecule has 6 aromatic rings. The molecular formula is C37H27N3O12S3. The van der Waals surface area contributed by atoms with Gasteiger partial charge in [-0.05, 0) is 36.2 Å². The quantitative estimate of drug-likeness (QED) is 0.0751. The van der Waals surface area contributed by atoms with Crippen LogP contribution in [0.3, 0.4) is 0 Å². The SMILES string of the molecule is Cc1ccc(CNc2cc(Nc3cc(S(=O)(=O)O)c4[nH]c(=O)c(C(=O)c5ccccc5)c5c4c3C(=O)c3ccccc3-5)c(S(=O)(=O)O)cc2S(=O)(=O)O)cc1. The summed E-state index contributed by atoms with van der Waals surface area (Å²) < 4.78 is 107. The van der Waals surface area contributed by atoms with Crippen molar-refractivity contribution in [1.29, 1.82) is 0 Å². The van der Waals surface area contributed by atoms with Crippen LogP contribution in [0.5, 0.6) is 0 Å². The molecule has 0 spiro atoms.